The molecule has 0 saturated heterocycles. The highest BCUT2D eigenvalue weighted by molar-refractivity contribution is 9.10. The third kappa shape index (κ3) is 3.88. The van der Waals surface area contributed by atoms with Crippen LogP contribution in [-0.2, 0) is 5.88 Å². The van der Waals surface area contributed by atoms with Crippen molar-refractivity contribution in [2.24, 2.45) is 0 Å². The van der Waals surface area contributed by atoms with Crippen LogP contribution in [0.25, 0.3) is 0 Å². The molecule has 0 aliphatic carbocycles. The Balaban J connectivity index is 3.29. The van der Waals surface area contributed by atoms with Crippen molar-refractivity contribution in [1.82, 2.24) is 0 Å². The molecule has 0 N–H and O–H groups in total. The monoisotopic (exact) mass is 344 g/mol. The SMILES string of the molecule is CC(Br)C(=O)c1c(CCl)cccc1OC(F)(F)F. The summed E-state index contributed by atoms with van der Waals surface area (Å²) in [5, 5.41) is 0. The average molecular weight is 346 g/mol. The van der Waals surface area contributed by atoms with Gasteiger partial charge in [-0.15, -0.1) is 24.8 Å². The maximum Gasteiger partial charge on any atom is 0.573 e. The Morgan fingerprint density at radius 1 is 1.50 bits per heavy atom. The molecule has 0 spiro atoms. The van der Waals surface area contributed by atoms with Gasteiger partial charge in [0.2, 0.25) is 0 Å². The number of alkyl halides is 5. The first kappa shape index (κ1) is 15.3. The minimum absolute atomic E-state index is 0.0736. The molecule has 0 radical (unpaired) electrons. The molecule has 7 heteroatoms. The summed E-state index contributed by atoms with van der Waals surface area (Å²) in [6.45, 7) is 1.52. The van der Waals surface area contributed by atoms with Gasteiger partial charge in [0.05, 0.1) is 10.4 Å². The maximum absolute atomic E-state index is 12.2. The maximum atomic E-state index is 12.2. The molecule has 0 amide bonds. The summed E-state index contributed by atoms with van der Waals surface area (Å²) in [7, 11) is 0. The largest absolute Gasteiger partial charge is 0.573 e. The Morgan fingerprint density at radius 2 is 2.11 bits per heavy atom. The van der Waals surface area contributed by atoms with E-state index in [1.165, 1.54) is 19.1 Å². The van der Waals surface area contributed by atoms with Crippen LogP contribution in [0.1, 0.15) is 22.8 Å². The second-order valence-electron chi connectivity index (χ2n) is 3.45. The molecule has 0 heterocycles. The van der Waals surface area contributed by atoms with Gasteiger partial charge in [-0.1, -0.05) is 28.1 Å². The summed E-state index contributed by atoms with van der Waals surface area (Å²) in [6, 6.07) is 3.93. The topological polar surface area (TPSA) is 26.3 Å². The minimum Gasteiger partial charge on any atom is -0.405 e. The molecule has 0 fully saturated rings. The molecule has 0 bridgehead atoms. The highest BCUT2D eigenvalue weighted by atomic mass is 79.9. The van der Waals surface area contributed by atoms with Crippen LogP contribution in [0.4, 0.5) is 13.2 Å². The zero-order chi connectivity index (χ0) is 13.9. The second kappa shape index (κ2) is 5.93. The molecule has 1 rings (SSSR count). The Bertz CT molecular complexity index is 446. The van der Waals surface area contributed by atoms with E-state index in [1.807, 2.05) is 0 Å². The fraction of sp³-hybridized carbons (Fsp3) is 0.364. The van der Waals surface area contributed by atoms with Crippen molar-refractivity contribution in [2.75, 3.05) is 0 Å². The van der Waals surface area contributed by atoms with Crippen molar-refractivity contribution >= 4 is 33.3 Å². The van der Waals surface area contributed by atoms with Gasteiger partial charge in [0.1, 0.15) is 5.75 Å². The van der Waals surface area contributed by atoms with Gasteiger partial charge in [-0.05, 0) is 18.6 Å². The summed E-state index contributed by atoms with van der Waals surface area (Å²) in [4.78, 5) is 11.3. The third-order valence-electron chi connectivity index (χ3n) is 2.09. The van der Waals surface area contributed by atoms with Crippen molar-refractivity contribution < 1.29 is 22.7 Å². The summed E-state index contributed by atoms with van der Waals surface area (Å²) in [5.41, 5.74) is 0.156. The van der Waals surface area contributed by atoms with Crippen LogP contribution < -0.4 is 4.74 Å². The molecular weight excluding hydrogens is 336 g/mol. The second-order valence-corrected chi connectivity index (χ2v) is 5.09. The van der Waals surface area contributed by atoms with E-state index in [1.54, 1.807) is 0 Å². The van der Waals surface area contributed by atoms with E-state index in [0.29, 0.717) is 5.56 Å². The first-order chi connectivity index (χ1) is 8.26. The molecule has 1 aromatic carbocycles. The predicted molar refractivity (Wildman–Crippen MR) is 65.4 cm³/mol. The fourth-order valence-electron chi connectivity index (χ4n) is 1.38. The van der Waals surface area contributed by atoms with E-state index in [0.717, 1.165) is 6.07 Å². The standard InChI is InChI=1S/C11H9BrClF3O2/c1-6(12)10(17)9-7(5-13)3-2-4-8(9)18-11(14,15)16/h2-4,6H,5H2,1H3. The lowest BCUT2D eigenvalue weighted by atomic mass is 10.0. The van der Waals surface area contributed by atoms with Crippen LogP contribution in [0.15, 0.2) is 18.2 Å². The van der Waals surface area contributed by atoms with Gasteiger partial charge < -0.3 is 4.74 Å². The zero-order valence-corrected chi connectivity index (χ0v) is 11.6. The van der Waals surface area contributed by atoms with Gasteiger partial charge in [0.15, 0.2) is 5.78 Å². The van der Waals surface area contributed by atoms with E-state index in [4.69, 9.17) is 11.6 Å². The van der Waals surface area contributed by atoms with E-state index in [9.17, 15) is 18.0 Å². The summed E-state index contributed by atoms with van der Waals surface area (Å²) in [6.07, 6.45) is -4.85. The highest BCUT2D eigenvalue weighted by Gasteiger charge is 2.34. The number of halogens is 5. The molecule has 1 atom stereocenters. The molecule has 0 aliphatic heterocycles. The van der Waals surface area contributed by atoms with Crippen molar-refractivity contribution in [2.45, 2.75) is 24.0 Å². The Kier molecular flexibility index (Phi) is 5.04. The van der Waals surface area contributed by atoms with Crippen LogP contribution in [-0.4, -0.2) is 17.0 Å². The van der Waals surface area contributed by atoms with Gasteiger partial charge >= 0.3 is 6.36 Å². The number of ketones is 1. The number of Topliss-reactive ketones (excluding diaryl/α,β-unsaturated/α-hetero) is 1. The van der Waals surface area contributed by atoms with Gasteiger partial charge in [-0.2, -0.15) is 0 Å². The molecule has 0 aromatic heterocycles. The number of rotatable bonds is 4. The van der Waals surface area contributed by atoms with E-state index < -0.39 is 22.7 Å². The predicted octanol–water partition coefficient (Wildman–Crippen LogP) is 4.29. The first-order valence-corrected chi connectivity index (χ1v) is 6.33. The molecule has 18 heavy (non-hydrogen) atoms. The average Bonchev–Trinajstić information content (AvgIpc) is 2.25. The molecule has 2 nitrogen and oxygen atoms in total. The van der Waals surface area contributed by atoms with Crippen LogP contribution >= 0.6 is 27.5 Å². The quantitative estimate of drug-likeness (QED) is 0.601. The zero-order valence-electron chi connectivity index (χ0n) is 9.22. The number of ether oxygens (including phenoxy) is 1. The van der Waals surface area contributed by atoms with Gasteiger partial charge in [0.25, 0.3) is 0 Å². The highest BCUT2D eigenvalue weighted by Crippen LogP contribution is 2.31. The van der Waals surface area contributed by atoms with Crippen molar-refractivity contribution in [3.05, 3.63) is 29.3 Å². The summed E-state index contributed by atoms with van der Waals surface area (Å²) >= 11 is 8.64. The smallest absolute Gasteiger partial charge is 0.405 e. The number of carbonyl (C=O) groups excluding carboxylic acids is 1. The lowest BCUT2D eigenvalue weighted by Gasteiger charge is -2.15. The van der Waals surface area contributed by atoms with E-state index in [-0.39, 0.29) is 11.4 Å². The number of hydrogen-bond acceptors (Lipinski definition) is 2. The molecule has 100 valence electrons. The molecule has 1 aromatic rings. The summed E-state index contributed by atoms with van der Waals surface area (Å²) in [5.74, 6) is -1.11. The lowest BCUT2D eigenvalue weighted by molar-refractivity contribution is -0.274. The molecule has 0 saturated carbocycles. The van der Waals surface area contributed by atoms with Crippen molar-refractivity contribution in [3.8, 4) is 5.75 Å². The first-order valence-electron chi connectivity index (χ1n) is 4.88. The van der Waals surface area contributed by atoms with Crippen LogP contribution in [0.3, 0.4) is 0 Å². The minimum atomic E-state index is -4.85. The normalized spacial score (nSPS) is 13.2. The molecule has 1 unspecified atom stereocenters. The van der Waals surface area contributed by atoms with Gasteiger partial charge in [-0.25, -0.2) is 0 Å². The summed E-state index contributed by atoms with van der Waals surface area (Å²) < 4.78 is 40.6. The van der Waals surface area contributed by atoms with Gasteiger partial charge in [-0.3, -0.25) is 4.79 Å². The number of carbonyl (C=O) groups is 1. The number of benzene rings is 1. The van der Waals surface area contributed by atoms with Gasteiger partial charge in [0, 0.05) is 5.88 Å². The molecule has 0 aliphatic rings. The Labute approximate surface area is 115 Å². The van der Waals surface area contributed by atoms with E-state index >= 15 is 0 Å². The van der Waals surface area contributed by atoms with Crippen molar-refractivity contribution in [3.63, 3.8) is 0 Å². The number of hydrogen-bond donors (Lipinski definition) is 0. The fourth-order valence-corrected chi connectivity index (χ4v) is 1.83. The Hall–Kier alpha value is -0.750. The third-order valence-corrected chi connectivity index (χ3v) is 2.79. The molecular formula is C11H9BrClF3O2. The van der Waals surface area contributed by atoms with Crippen LogP contribution in [0.5, 0.6) is 5.75 Å². The Morgan fingerprint density at radius 3 is 2.56 bits per heavy atom. The van der Waals surface area contributed by atoms with Crippen LogP contribution in [0.2, 0.25) is 0 Å². The lowest BCUT2D eigenvalue weighted by Crippen LogP contribution is -2.21. The van der Waals surface area contributed by atoms with Crippen molar-refractivity contribution in [1.29, 1.82) is 0 Å². The van der Waals surface area contributed by atoms with E-state index in [2.05, 4.69) is 20.7 Å². The van der Waals surface area contributed by atoms with Crippen LogP contribution in [0, 0.1) is 0 Å².